The second-order valence-corrected chi connectivity index (χ2v) is 13.6. The molecular formula is C21H46O2Si. The molecular weight excluding hydrogens is 312 g/mol. The van der Waals surface area contributed by atoms with E-state index in [4.69, 9.17) is 9.16 Å². The van der Waals surface area contributed by atoms with Crippen molar-refractivity contribution in [3.8, 4) is 0 Å². The van der Waals surface area contributed by atoms with Crippen molar-refractivity contribution < 1.29 is 9.16 Å². The van der Waals surface area contributed by atoms with Gasteiger partial charge < -0.3 is 9.16 Å². The molecule has 0 aromatic heterocycles. The third kappa shape index (κ3) is 13.4. The molecule has 0 bridgehead atoms. The summed E-state index contributed by atoms with van der Waals surface area (Å²) in [7, 11) is -1.59. The number of rotatable bonds is 16. The van der Waals surface area contributed by atoms with Crippen LogP contribution in [0.3, 0.4) is 0 Å². The topological polar surface area (TPSA) is 18.5 Å². The average Bonchev–Trinajstić information content (AvgIpc) is 2.50. The molecule has 0 aromatic carbocycles. The number of unbranched alkanes of at least 4 members (excludes halogenated alkanes) is 10. The van der Waals surface area contributed by atoms with Gasteiger partial charge in [-0.1, -0.05) is 91.9 Å². The van der Waals surface area contributed by atoms with E-state index in [-0.39, 0.29) is 0 Å². The first-order chi connectivity index (χ1) is 11.3. The van der Waals surface area contributed by atoms with E-state index in [1.165, 1.54) is 70.6 Å². The molecule has 24 heavy (non-hydrogen) atoms. The molecule has 0 unspecified atom stereocenters. The molecule has 0 aliphatic heterocycles. The minimum atomic E-state index is -1.59. The van der Waals surface area contributed by atoms with Crippen molar-refractivity contribution in [3.63, 3.8) is 0 Å². The second-order valence-electron chi connectivity index (χ2n) is 8.76. The highest BCUT2D eigenvalue weighted by Gasteiger charge is 2.36. The smallest absolute Gasteiger partial charge is 0.192 e. The maximum absolute atomic E-state index is 6.11. The number of hydrogen-bond donors (Lipinski definition) is 0. The molecule has 3 heteroatoms. The Hall–Kier alpha value is 0.137. The van der Waals surface area contributed by atoms with E-state index in [9.17, 15) is 0 Å². The van der Waals surface area contributed by atoms with Crippen LogP contribution in [0.1, 0.15) is 98.3 Å². The van der Waals surface area contributed by atoms with Gasteiger partial charge in [-0.05, 0) is 24.6 Å². The van der Waals surface area contributed by atoms with E-state index in [1.54, 1.807) is 0 Å². The van der Waals surface area contributed by atoms with E-state index in [0.29, 0.717) is 5.04 Å². The Morgan fingerprint density at radius 3 is 1.54 bits per heavy atom. The summed E-state index contributed by atoms with van der Waals surface area (Å²) in [6.45, 7) is 16.2. The van der Waals surface area contributed by atoms with Crippen LogP contribution >= 0.6 is 0 Å². The highest BCUT2D eigenvalue weighted by Crippen LogP contribution is 2.36. The highest BCUT2D eigenvalue weighted by molar-refractivity contribution is 6.74. The van der Waals surface area contributed by atoms with Crippen molar-refractivity contribution in [3.05, 3.63) is 0 Å². The molecule has 0 aliphatic carbocycles. The molecule has 0 aliphatic rings. The zero-order valence-electron chi connectivity index (χ0n) is 17.7. The van der Waals surface area contributed by atoms with Crippen molar-refractivity contribution in [2.45, 2.75) is 116 Å². The van der Waals surface area contributed by atoms with Crippen LogP contribution in [0, 0.1) is 0 Å². The molecule has 146 valence electrons. The highest BCUT2D eigenvalue weighted by atomic mass is 28.4. The second kappa shape index (κ2) is 14.3. The van der Waals surface area contributed by atoms with Gasteiger partial charge >= 0.3 is 0 Å². The van der Waals surface area contributed by atoms with Crippen LogP contribution in [0.5, 0.6) is 0 Å². The summed E-state index contributed by atoms with van der Waals surface area (Å²) in [6, 6.07) is 0. The van der Waals surface area contributed by atoms with Crippen molar-refractivity contribution in [2.24, 2.45) is 0 Å². The van der Waals surface area contributed by atoms with Gasteiger partial charge in [0, 0.05) is 6.61 Å². The van der Waals surface area contributed by atoms with Crippen molar-refractivity contribution in [1.82, 2.24) is 0 Å². The van der Waals surface area contributed by atoms with E-state index in [2.05, 4.69) is 40.8 Å². The van der Waals surface area contributed by atoms with Crippen LogP contribution in [0.25, 0.3) is 0 Å². The maximum Gasteiger partial charge on any atom is 0.192 e. The zero-order chi connectivity index (χ0) is 18.3. The van der Waals surface area contributed by atoms with Crippen molar-refractivity contribution in [1.29, 1.82) is 0 Å². The molecule has 0 spiro atoms. The monoisotopic (exact) mass is 358 g/mol. The molecule has 2 nitrogen and oxygen atoms in total. The summed E-state index contributed by atoms with van der Waals surface area (Å²) < 4.78 is 11.8. The van der Waals surface area contributed by atoms with Gasteiger partial charge in [-0.25, -0.2) is 0 Å². The summed E-state index contributed by atoms with van der Waals surface area (Å²) in [4.78, 5) is 0. The van der Waals surface area contributed by atoms with Gasteiger partial charge in [-0.15, -0.1) is 0 Å². The molecule has 0 aromatic rings. The van der Waals surface area contributed by atoms with E-state index in [0.717, 1.165) is 19.8 Å². The number of hydrogen-bond acceptors (Lipinski definition) is 2. The summed E-state index contributed by atoms with van der Waals surface area (Å²) in [5.74, 6) is 0. The van der Waals surface area contributed by atoms with Crippen LogP contribution < -0.4 is 0 Å². The lowest BCUT2D eigenvalue weighted by atomic mass is 10.1. The molecule has 0 heterocycles. The Bertz CT molecular complexity index is 272. The third-order valence-corrected chi connectivity index (χ3v) is 9.93. The van der Waals surface area contributed by atoms with Gasteiger partial charge in [-0.3, -0.25) is 0 Å². The lowest BCUT2D eigenvalue weighted by Gasteiger charge is -2.36. The average molecular weight is 359 g/mol. The van der Waals surface area contributed by atoms with Crippen LogP contribution in [0.2, 0.25) is 18.1 Å². The molecule has 0 rings (SSSR count). The molecule has 0 saturated heterocycles. The normalized spacial score (nSPS) is 12.8. The first-order valence-electron chi connectivity index (χ1n) is 10.5. The fraction of sp³-hybridized carbons (Fsp3) is 1.00. The van der Waals surface area contributed by atoms with E-state index < -0.39 is 8.32 Å². The SMILES string of the molecule is CCCCCCCCCCCCCOCCO[Si](C)(C)C(C)(C)C. The van der Waals surface area contributed by atoms with Crippen molar-refractivity contribution in [2.75, 3.05) is 19.8 Å². The number of ether oxygens (including phenoxy) is 1. The van der Waals surface area contributed by atoms with Gasteiger partial charge in [0.15, 0.2) is 8.32 Å². The Balaban J connectivity index is 3.24. The Labute approximate surface area is 154 Å². The van der Waals surface area contributed by atoms with Crippen molar-refractivity contribution >= 4 is 8.32 Å². The Kier molecular flexibility index (Phi) is 14.4. The minimum Gasteiger partial charge on any atom is -0.414 e. The fourth-order valence-electron chi connectivity index (χ4n) is 2.54. The predicted octanol–water partition coefficient (Wildman–Crippen LogP) is 7.34. The van der Waals surface area contributed by atoms with Gasteiger partial charge in [-0.2, -0.15) is 0 Å². The zero-order valence-corrected chi connectivity index (χ0v) is 18.7. The van der Waals surface area contributed by atoms with Crippen LogP contribution in [0.15, 0.2) is 0 Å². The first kappa shape index (κ1) is 24.1. The van der Waals surface area contributed by atoms with Gasteiger partial charge in [0.1, 0.15) is 0 Å². The maximum atomic E-state index is 6.11. The van der Waals surface area contributed by atoms with Crippen LogP contribution in [0.4, 0.5) is 0 Å². The minimum absolute atomic E-state index is 0.295. The lowest BCUT2D eigenvalue weighted by Crippen LogP contribution is -2.41. The molecule has 0 fully saturated rings. The van der Waals surface area contributed by atoms with Gasteiger partial charge in [0.2, 0.25) is 0 Å². The molecule has 0 atom stereocenters. The largest absolute Gasteiger partial charge is 0.414 e. The summed E-state index contributed by atoms with van der Waals surface area (Å²) in [6.07, 6.45) is 15.3. The van der Waals surface area contributed by atoms with Gasteiger partial charge in [0.25, 0.3) is 0 Å². The first-order valence-corrected chi connectivity index (χ1v) is 13.4. The molecule has 0 saturated carbocycles. The van der Waals surface area contributed by atoms with E-state index in [1.807, 2.05) is 0 Å². The fourth-order valence-corrected chi connectivity index (χ4v) is 3.57. The Morgan fingerprint density at radius 2 is 1.08 bits per heavy atom. The third-order valence-electron chi connectivity index (χ3n) is 5.39. The quantitative estimate of drug-likeness (QED) is 0.212. The lowest BCUT2D eigenvalue weighted by molar-refractivity contribution is 0.0925. The summed E-state index contributed by atoms with van der Waals surface area (Å²) in [5, 5.41) is 0.295. The van der Waals surface area contributed by atoms with Gasteiger partial charge in [0.05, 0.1) is 13.2 Å². The standard InChI is InChI=1S/C21H46O2Si/c1-7-8-9-10-11-12-13-14-15-16-17-18-22-19-20-23-24(5,6)21(2,3)4/h7-20H2,1-6H3. The molecule has 0 N–H and O–H groups in total. The van der Waals surface area contributed by atoms with E-state index >= 15 is 0 Å². The predicted molar refractivity (Wildman–Crippen MR) is 110 cm³/mol. The summed E-state index contributed by atoms with van der Waals surface area (Å²) in [5.41, 5.74) is 0. The van der Waals surface area contributed by atoms with Crippen LogP contribution in [-0.2, 0) is 9.16 Å². The molecule has 0 radical (unpaired) electrons. The Morgan fingerprint density at radius 1 is 0.625 bits per heavy atom. The van der Waals surface area contributed by atoms with Crippen LogP contribution in [-0.4, -0.2) is 28.1 Å². The molecule has 0 amide bonds. The summed E-state index contributed by atoms with van der Waals surface area (Å²) >= 11 is 0.